The molecule has 0 saturated heterocycles. The summed E-state index contributed by atoms with van der Waals surface area (Å²) >= 11 is 2.13. The zero-order valence-electron chi connectivity index (χ0n) is 11.8. The lowest BCUT2D eigenvalue weighted by molar-refractivity contribution is 0.0955. The number of nitrogens with one attached hydrogen (secondary N) is 1. The predicted molar refractivity (Wildman–Crippen MR) is 92.0 cm³/mol. The van der Waals surface area contributed by atoms with Gasteiger partial charge in [0.25, 0.3) is 5.91 Å². The third kappa shape index (κ3) is 4.04. The van der Waals surface area contributed by atoms with Gasteiger partial charge in [0, 0.05) is 5.56 Å². The number of carbonyl (C=O) groups excluding carboxylic acids is 1. The molecule has 1 amide bonds. The minimum Gasteiger partial charge on any atom is -0.496 e. The van der Waals surface area contributed by atoms with Crippen LogP contribution < -0.4 is 10.2 Å². The monoisotopic (exact) mass is 394 g/mol. The fraction of sp³-hybridized carbons (Fsp3) is 0.125. The second-order valence-corrected chi connectivity index (χ2v) is 5.57. The largest absolute Gasteiger partial charge is 0.496 e. The molecule has 0 radical (unpaired) electrons. The molecular weight excluding hydrogens is 379 g/mol. The minimum absolute atomic E-state index is 0.250. The molecule has 0 atom stereocenters. The van der Waals surface area contributed by atoms with Crippen molar-refractivity contribution in [3.8, 4) is 5.75 Å². The van der Waals surface area contributed by atoms with Gasteiger partial charge in [-0.3, -0.25) is 4.79 Å². The molecule has 2 aromatic carbocycles. The molecule has 2 rings (SSSR count). The number of aryl methyl sites for hydroxylation is 1. The Balaban J connectivity index is 2.05. The summed E-state index contributed by atoms with van der Waals surface area (Å²) in [7, 11) is 1.60. The number of benzene rings is 2. The highest BCUT2D eigenvalue weighted by atomic mass is 127. The highest BCUT2D eigenvalue weighted by Gasteiger charge is 2.07. The van der Waals surface area contributed by atoms with Crippen molar-refractivity contribution < 1.29 is 9.53 Å². The van der Waals surface area contributed by atoms with Crippen LogP contribution in [0.4, 0.5) is 0 Å². The van der Waals surface area contributed by atoms with Gasteiger partial charge in [0.1, 0.15) is 5.75 Å². The van der Waals surface area contributed by atoms with E-state index in [0.29, 0.717) is 5.56 Å². The zero-order chi connectivity index (χ0) is 15.2. The molecule has 0 bridgehead atoms. The number of methoxy groups -OCH3 is 1. The fourth-order valence-corrected chi connectivity index (χ4v) is 2.50. The van der Waals surface area contributed by atoms with Crippen LogP contribution in [0.1, 0.15) is 21.5 Å². The number of hydrogen-bond donors (Lipinski definition) is 1. The number of amides is 1. The molecule has 1 N–H and O–H groups in total. The maximum atomic E-state index is 12.0. The van der Waals surface area contributed by atoms with Crippen molar-refractivity contribution in [2.45, 2.75) is 6.92 Å². The predicted octanol–water partition coefficient (Wildman–Crippen LogP) is 3.37. The van der Waals surface area contributed by atoms with Crippen LogP contribution in [0.25, 0.3) is 0 Å². The summed E-state index contributed by atoms with van der Waals surface area (Å²) in [6.07, 6.45) is 1.64. The molecule has 0 spiro atoms. The van der Waals surface area contributed by atoms with E-state index in [0.717, 1.165) is 20.4 Å². The van der Waals surface area contributed by atoms with Gasteiger partial charge < -0.3 is 4.74 Å². The number of rotatable bonds is 4. The normalized spacial score (nSPS) is 10.6. The zero-order valence-corrected chi connectivity index (χ0v) is 13.9. The third-order valence-electron chi connectivity index (χ3n) is 2.97. The van der Waals surface area contributed by atoms with E-state index >= 15 is 0 Å². The SMILES string of the molecule is COc1ccc(C(=O)N/N=C/c2ccccc2C)cc1I. The van der Waals surface area contributed by atoms with Crippen molar-refractivity contribution in [3.63, 3.8) is 0 Å². The van der Waals surface area contributed by atoms with Crippen molar-refractivity contribution in [2.75, 3.05) is 7.11 Å². The van der Waals surface area contributed by atoms with Crippen molar-refractivity contribution in [2.24, 2.45) is 5.10 Å². The van der Waals surface area contributed by atoms with E-state index in [4.69, 9.17) is 4.74 Å². The van der Waals surface area contributed by atoms with Crippen LogP contribution in [0.3, 0.4) is 0 Å². The van der Waals surface area contributed by atoms with E-state index < -0.39 is 0 Å². The second kappa shape index (κ2) is 7.21. The first-order valence-electron chi connectivity index (χ1n) is 6.34. The summed E-state index contributed by atoms with van der Waals surface area (Å²) in [5, 5.41) is 3.99. The average molecular weight is 394 g/mol. The van der Waals surface area contributed by atoms with Gasteiger partial charge in [0.15, 0.2) is 0 Å². The van der Waals surface area contributed by atoms with Gasteiger partial charge in [-0.1, -0.05) is 24.3 Å². The van der Waals surface area contributed by atoms with Crippen molar-refractivity contribution >= 4 is 34.7 Å². The molecular formula is C16H15IN2O2. The van der Waals surface area contributed by atoms with Crippen LogP contribution in [-0.2, 0) is 0 Å². The summed E-state index contributed by atoms with van der Waals surface area (Å²) in [5.74, 6) is 0.496. The quantitative estimate of drug-likeness (QED) is 0.491. The Labute approximate surface area is 137 Å². The second-order valence-electron chi connectivity index (χ2n) is 4.41. The molecule has 0 fully saturated rings. The van der Waals surface area contributed by atoms with Gasteiger partial charge in [-0.25, -0.2) is 5.43 Å². The van der Waals surface area contributed by atoms with Gasteiger partial charge in [0.05, 0.1) is 16.9 Å². The van der Waals surface area contributed by atoms with Crippen molar-refractivity contribution in [1.29, 1.82) is 0 Å². The maximum Gasteiger partial charge on any atom is 0.271 e. The number of nitrogens with zero attached hydrogens (tertiary/aromatic N) is 1. The van der Waals surface area contributed by atoms with Crippen molar-refractivity contribution in [3.05, 3.63) is 62.7 Å². The van der Waals surface area contributed by atoms with E-state index in [2.05, 4.69) is 33.1 Å². The Morgan fingerprint density at radius 1 is 1.29 bits per heavy atom. The Hall–Kier alpha value is -1.89. The maximum absolute atomic E-state index is 12.0. The summed E-state index contributed by atoms with van der Waals surface area (Å²) in [6.45, 7) is 2.00. The van der Waals surface area contributed by atoms with Gasteiger partial charge in [-0.05, 0) is 58.8 Å². The Kier molecular flexibility index (Phi) is 5.32. The number of hydrazone groups is 1. The van der Waals surface area contributed by atoms with E-state index in [1.807, 2.05) is 31.2 Å². The van der Waals surface area contributed by atoms with Gasteiger partial charge in [-0.15, -0.1) is 0 Å². The van der Waals surface area contributed by atoms with Gasteiger partial charge in [-0.2, -0.15) is 5.10 Å². The Morgan fingerprint density at radius 2 is 2.05 bits per heavy atom. The topological polar surface area (TPSA) is 50.7 Å². The molecule has 0 heterocycles. The molecule has 0 aliphatic carbocycles. The summed E-state index contributed by atoms with van der Waals surface area (Å²) in [6, 6.07) is 13.1. The van der Waals surface area contributed by atoms with Crippen LogP contribution in [-0.4, -0.2) is 19.2 Å². The first-order chi connectivity index (χ1) is 10.1. The fourth-order valence-electron chi connectivity index (χ4n) is 1.76. The molecule has 0 saturated carbocycles. The first-order valence-corrected chi connectivity index (χ1v) is 7.42. The molecule has 2 aromatic rings. The van der Waals surface area contributed by atoms with Crippen LogP contribution >= 0.6 is 22.6 Å². The van der Waals surface area contributed by atoms with Crippen LogP contribution in [0.5, 0.6) is 5.75 Å². The molecule has 0 aromatic heterocycles. The number of carbonyl (C=O) groups is 1. The lowest BCUT2D eigenvalue weighted by Crippen LogP contribution is -2.17. The lowest BCUT2D eigenvalue weighted by atomic mass is 10.1. The number of hydrogen-bond acceptors (Lipinski definition) is 3. The standard InChI is InChI=1S/C16H15IN2O2/c1-11-5-3-4-6-13(11)10-18-19-16(20)12-7-8-15(21-2)14(17)9-12/h3-10H,1-2H3,(H,19,20)/b18-10+. The Morgan fingerprint density at radius 3 is 2.71 bits per heavy atom. The van der Waals surface area contributed by atoms with Gasteiger partial charge >= 0.3 is 0 Å². The number of halogens is 1. The molecule has 5 heteroatoms. The summed E-state index contributed by atoms with van der Waals surface area (Å²) in [4.78, 5) is 12.0. The van der Waals surface area contributed by atoms with E-state index in [-0.39, 0.29) is 5.91 Å². The van der Waals surface area contributed by atoms with Crippen LogP contribution in [0.2, 0.25) is 0 Å². The van der Waals surface area contributed by atoms with E-state index in [1.54, 1.807) is 31.5 Å². The molecule has 108 valence electrons. The van der Waals surface area contributed by atoms with Gasteiger partial charge in [0.2, 0.25) is 0 Å². The minimum atomic E-state index is -0.250. The average Bonchev–Trinajstić information content (AvgIpc) is 2.49. The molecule has 0 unspecified atom stereocenters. The lowest BCUT2D eigenvalue weighted by Gasteiger charge is -2.05. The molecule has 0 aliphatic rings. The van der Waals surface area contributed by atoms with Crippen LogP contribution in [0, 0.1) is 10.5 Å². The summed E-state index contributed by atoms with van der Waals surface area (Å²) in [5.41, 5.74) is 5.15. The first kappa shape index (κ1) is 15.5. The summed E-state index contributed by atoms with van der Waals surface area (Å²) < 4.78 is 6.04. The third-order valence-corrected chi connectivity index (χ3v) is 3.82. The molecule has 4 nitrogen and oxygen atoms in total. The highest BCUT2D eigenvalue weighted by Crippen LogP contribution is 2.21. The van der Waals surface area contributed by atoms with E-state index in [9.17, 15) is 4.79 Å². The molecule has 21 heavy (non-hydrogen) atoms. The van der Waals surface area contributed by atoms with E-state index in [1.165, 1.54) is 0 Å². The van der Waals surface area contributed by atoms with Crippen LogP contribution in [0.15, 0.2) is 47.6 Å². The molecule has 0 aliphatic heterocycles. The highest BCUT2D eigenvalue weighted by molar-refractivity contribution is 14.1. The van der Waals surface area contributed by atoms with Crippen molar-refractivity contribution in [1.82, 2.24) is 5.43 Å². The Bertz CT molecular complexity index is 684. The number of ether oxygens (including phenoxy) is 1. The smallest absolute Gasteiger partial charge is 0.271 e.